The van der Waals surface area contributed by atoms with Gasteiger partial charge in [0.1, 0.15) is 12.1 Å². The lowest BCUT2D eigenvalue weighted by Gasteiger charge is -2.27. The molecule has 144 valence electrons. The molecule has 3 aromatic rings. The van der Waals surface area contributed by atoms with Crippen molar-refractivity contribution in [3.05, 3.63) is 94.8 Å². The number of fused-ring (bicyclic) bond motifs is 3. The predicted molar refractivity (Wildman–Crippen MR) is 116 cm³/mol. The van der Waals surface area contributed by atoms with Crippen LogP contribution in [0, 0.1) is 5.82 Å². The predicted octanol–water partition coefficient (Wildman–Crippen LogP) is 6.60. The Morgan fingerprint density at radius 1 is 0.828 bits per heavy atom. The van der Waals surface area contributed by atoms with Gasteiger partial charge in [0, 0.05) is 28.9 Å². The van der Waals surface area contributed by atoms with Crippen LogP contribution in [0.4, 0.5) is 15.8 Å². The van der Waals surface area contributed by atoms with E-state index < -0.39 is 0 Å². The maximum Gasteiger partial charge on any atom is 0.150 e. The number of hydrogen-bond acceptors (Lipinski definition) is 2. The van der Waals surface area contributed by atoms with Gasteiger partial charge in [-0.1, -0.05) is 42.8 Å². The standard InChI is InChI=1S/C26H22FNO/c27-21-11-6-18(7-12-21)4-5-19-8-13-22(14-9-19)28-25-3-1-2-23(25)24-16-20(17-29)10-15-26(24)28/h4-17,23,25H,1-3H2/b5-4+. The number of halogens is 1. The summed E-state index contributed by atoms with van der Waals surface area (Å²) in [5, 5.41) is 0. The van der Waals surface area contributed by atoms with E-state index in [4.69, 9.17) is 0 Å². The lowest BCUT2D eigenvalue weighted by atomic mass is 9.96. The molecule has 0 bridgehead atoms. The normalized spacial score (nSPS) is 20.1. The van der Waals surface area contributed by atoms with Gasteiger partial charge in [0.2, 0.25) is 0 Å². The second kappa shape index (κ2) is 7.32. The van der Waals surface area contributed by atoms with Gasteiger partial charge in [-0.2, -0.15) is 0 Å². The van der Waals surface area contributed by atoms with Gasteiger partial charge < -0.3 is 4.90 Å². The molecule has 1 saturated carbocycles. The zero-order valence-electron chi connectivity index (χ0n) is 16.1. The summed E-state index contributed by atoms with van der Waals surface area (Å²) in [7, 11) is 0. The van der Waals surface area contributed by atoms with Crippen molar-refractivity contribution in [2.45, 2.75) is 31.2 Å². The van der Waals surface area contributed by atoms with Crippen LogP contribution in [0.5, 0.6) is 0 Å². The minimum atomic E-state index is -0.220. The molecule has 2 nitrogen and oxygen atoms in total. The summed E-state index contributed by atoms with van der Waals surface area (Å²) in [4.78, 5) is 13.7. The van der Waals surface area contributed by atoms with Crippen molar-refractivity contribution in [3.8, 4) is 0 Å². The summed E-state index contributed by atoms with van der Waals surface area (Å²) >= 11 is 0. The van der Waals surface area contributed by atoms with E-state index >= 15 is 0 Å². The van der Waals surface area contributed by atoms with Gasteiger partial charge in [-0.25, -0.2) is 4.39 Å². The molecule has 2 atom stereocenters. The van der Waals surface area contributed by atoms with E-state index in [1.54, 1.807) is 12.1 Å². The molecule has 0 aromatic heterocycles. The third kappa shape index (κ3) is 3.27. The van der Waals surface area contributed by atoms with E-state index in [1.807, 2.05) is 18.2 Å². The Morgan fingerprint density at radius 2 is 1.48 bits per heavy atom. The van der Waals surface area contributed by atoms with Crippen LogP contribution in [-0.2, 0) is 0 Å². The van der Waals surface area contributed by atoms with Crippen LogP contribution < -0.4 is 4.90 Å². The quantitative estimate of drug-likeness (QED) is 0.374. The molecule has 0 spiro atoms. The fraction of sp³-hybridized carbons (Fsp3) is 0.192. The van der Waals surface area contributed by atoms with Crippen molar-refractivity contribution in [2.75, 3.05) is 4.90 Å². The smallest absolute Gasteiger partial charge is 0.150 e. The van der Waals surface area contributed by atoms with Crippen molar-refractivity contribution in [3.63, 3.8) is 0 Å². The SMILES string of the molecule is O=Cc1ccc2c(c1)C1CCCC1N2c1ccc(/C=C/c2ccc(F)cc2)cc1. The molecule has 1 aliphatic heterocycles. The highest BCUT2D eigenvalue weighted by Gasteiger charge is 2.42. The first-order chi connectivity index (χ1) is 14.2. The fourth-order valence-electron chi connectivity index (χ4n) is 4.80. The molecule has 3 aromatic carbocycles. The molecule has 3 heteroatoms. The number of carbonyl (C=O) groups is 1. The number of nitrogens with zero attached hydrogens (tertiary/aromatic N) is 1. The molecule has 2 unspecified atom stereocenters. The zero-order chi connectivity index (χ0) is 19.8. The summed E-state index contributed by atoms with van der Waals surface area (Å²) in [5.41, 5.74) is 6.59. The maximum absolute atomic E-state index is 13.0. The van der Waals surface area contributed by atoms with Crippen LogP contribution >= 0.6 is 0 Å². The van der Waals surface area contributed by atoms with Gasteiger partial charge in [0.25, 0.3) is 0 Å². The molecular weight excluding hydrogens is 361 g/mol. The second-order valence-corrected chi connectivity index (χ2v) is 7.89. The first kappa shape index (κ1) is 17.9. The van der Waals surface area contributed by atoms with E-state index in [0.717, 1.165) is 23.0 Å². The lowest BCUT2D eigenvalue weighted by molar-refractivity contribution is 0.112. The number of rotatable bonds is 4. The highest BCUT2D eigenvalue weighted by Crippen LogP contribution is 2.52. The van der Waals surface area contributed by atoms with Crippen molar-refractivity contribution in [2.24, 2.45) is 0 Å². The monoisotopic (exact) mass is 383 g/mol. The number of carbonyl (C=O) groups excluding carboxylic acids is 1. The highest BCUT2D eigenvalue weighted by atomic mass is 19.1. The van der Waals surface area contributed by atoms with Gasteiger partial charge in [0.05, 0.1) is 0 Å². The first-order valence-corrected chi connectivity index (χ1v) is 10.1. The van der Waals surface area contributed by atoms with Crippen LogP contribution in [0.3, 0.4) is 0 Å². The minimum absolute atomic E-state index is 0.220. The van der Waals surface area contributed by atoms with Gasteiger partial charge >= 0.3 is 0 Å². The summed E-state index contributed by atoms with van der Waals surface area (Å²) in [6.07, 6.45) is 8.58. The van der Waals surface area contributed by atoms with Crippen molar-refractivity contribution < 1.29 is 9.18 Å². The van der Waals surface area contributed by atoms with Crippen LogP contribution in [-0.4, -0.2) is 12.3 Å². The van der Waals surface area contributed by atoms with E-state index in [0.29, 0.717) is 12.0 Å². The van der Waals surface area contributed by atoms with Gasteiger partial charge in [-0.05, 0) is 72.0 Å². The third-order valence-electron chi connectivity index (χ3n) is 6.17. The molecule has 1 heterocycles. The largest absolute Gasteiger partial charge is 0.338 e. The lowest BCUT2D eigenvalue weighted by Crippen LogP contribution is -2.26. The van der Waals surface area contributed by atoms with Crippen molar-refractivity contribution in [1.82, 2.24) is 0 Å². The molecule has 1 aliphatic carbocycles. The summed E-state index contributed by atoms with van der Waals surface area (Å²) in [5.74, 6) is 0.297. The topological polar surface area (TPSA) is 20.3 Å². The molecule has 0 amide bonds. The van der Waals surface area contributed by atoms with Crippen LogP contribution in [0.25, 0.3) is 12.2 Å². The molecule has 0 N–H and O–H groups in total. The number of hydrogen-bond donors (Lipinski definition) is 0. The average molecular weight is 383 g/mol. The van der Waals surface area contributed by atoms with E-state index in [2.05, 4.69) is 41.3 Å². The van der Waals surface area contributed by atoms with Gasteiger partial charge in [-0.15, -0.1) is 0 Å². The third-order valence-corrected chi connectivity index (χ3v) is 6.17. The molecule has 5 rings (SSSR count). The second-order valence-electron chi connectivity index (χ2n) is 7.89. The Bertz CT molecular complexity index is 1070. The van der Waals surface area contributed by atoms with Crippen molar-refractivity contribution in [1.29, 1.82) is 0 Å². The average Bonchev–Trinajstić information content (AvgIpc) is 3.34. The van der Waals surface area contributed by atoms with E-state index in [9.17, 15) is 9.18 Å². The Balaban J connectivity index is 1.43. The molecule has 1 fully saturated rings. The van der Waals surface area contributed by atoms with Gasteiger partial charge in [0.15, 0.2) is 0 Å². The number of aldehydes is 1. The zero-order valence-corrected chi connectivity index (χ0v) is 16.1. The Labute approximate surface area is 170 Å². The van der Waals surface area contributed by atoms with Crippen LogP contribution in [0.2, 0.25) is 0 Å². The molecule has 0 radical (unpaired) electrons. The molecular formula is C26H22FNO. The Kier molecular flexibility index (Phi) is 4.51. The van der Waals surface area contributed by atoms with E-state index in [1.165, 1.54) is 48.3 Å². The van der Waals surface area contributed by atoms with Crippen molar-refractivity contribution >= 4 is 29.8 Å². The van der Waals surface area contributed by atoms with E-state index in [-0.39, 0.29) is 5.82 Å². The summed E-state index contributed by atoms with van der Waals surface area (Å²) in [6, 6.07) is 21.6. The summed E-state index contributed by atoms with van der Waals surface area (Å²) in [6.45, 7) is 0. The van der Waals surface area contributed by atoms with Crippen LogP contribution in [0.15, 0.2) is 66.7 Å². The highest BCUT2D eigenvalue weighted by molar-refractivity contribution is 5.81. The molecule has 0 saturated heterocycles. The molecule has 29 heavy (non-hydrogen) atoms. The first-order valence-electron chi connectivity index (χ1n) is 10.1. The minimum Gasteiger partial charge on any atom is -0.338 e. The van der Waals surface area contributed by atoms with Crippen LogP contribution in [0.1, 0.15) is 52.2 Å². The Morgan fingerprint density at radius 3 is 2.17 bits per heavy atom. The number of anilines is 2. The molecule has 2 aliphatic rings. The summed E-state index contributed by atoms with van der Waals surface area (Å²) < 4.78 is 13.0. The fourth-order valence-corrected chi connectivity index (χ4v) is 4.80. The Hall–Kier alpha value is -3.20. The van der Waals surface area contributed by atoms with Gasteiger partial charge in [-0.3, -0.25) is 4.79 Å². The number of benzene rings is 3. The maximum atomic E-state index is 13.0.